The molecule has 0 spiro atoms. The summed E-state index contributed by atoms with van der Waals surface area (Å²) < 4.78 is 28.0. The molecule has 0 unspecified atom stereocenters. The average molecular weight is 424 g/mol. The Bertz CT molecular complexity index is 739. The van der Waals surface area contributed by atoms with E-state index in [-0.39, 0.29) is 42.6 Å². The standard InChI is InChI=1S/C21H30F2N4O3/c22-10-19-25-17(9-15-6-3-7-15)20(23)18(26-19)11-24-21(29)16(12-27(30)13-28)8-14-4-1-2-5-14/h13-16,30H,1-12H2,(H,24,29)/t16-/m1/s1. The highest BCUT2D eigenvalue weighted by Crippen LogP contribution is 2.31. The van der Waals surface area contributed by atoms with Crippen LogP contribution in [-0.2, 0) is 29.2 Å². The Kier molecular flexibility index (Phi) is 8.07. The summed E-state index contributed by atoms with van der Waals surface area (Å²) in [6.07, 6.45) is 8.64. The number of nitrogens with zero attached hydrogens (tertiary/aromatic N) is 3. The first-order valence-corrected chi connectivity index (χ1v) is 10.8. The molecule has 7 nitrogen and oxygen atoms in total. The van der Waals surface area contributed by atoms with Crippen molar-refractivity contribution in [3.63, 3.8) is 0 Å². The van der Waals surface area contributed by atoms with Gasteiger partial charge in [0.15, 0.2) is 11.6 Å². The van der Waals surface area contributed by atoms with Crippen molar-refractivity contribution in [1.29, 1.82) is 0 Å². The van der Waals surface area contributed by atoms with Crippen LogP contribution in [0.3, 0.4) is 0 Å². The molecule has 1 aromatic rings. The first-order chi connectivity index (χ1) is 14.5. The maximum Gasteiger partial charge on any atom is 0.233 e. The van der Waals surface area contributed by atoms with E-state index in [1.165, 1.54) is 0 Å². The van der Waals surface area contributed by atoms with Crippen LogP contribution in [0.4, 0.5) is 8.78 Å². The van der Waals surface area contributed by atoms with Crippen LogP contribution < -0.4 is 5.32 Å². The topological polar surface area (TPSA) is 95.4 Å². The lowest BCUT2D eigenvalue weighted by Gasteiger charge is -2.25. The number of hydroxylamine groups is 2. The molecule has 2 amide bonds. The monoisotopic (exact) mass is 424 g/mol. The van der Waals surface area contributed by atoms with Crippen molar-refractivity contribution < 1.29 is 23.6 Å². The van der Waals surface area contributed by atoms with Crippen LogP contribution in [0.1, 0.15) is 68.6 Å². The Balaban J connectivity index is 1.66. The van der Waals surface area contributed by atoms with Crippen LogP contribution in [0.5, 0.6) is 0 Å². The average Bonchev–Trinajstić information content (AvgIpc) is 3.22. The van der Waals surface area contributed by atoms with E-state index in [1.807, 2.05) is 0 Å². The van der Waals surface area contributed by atoms with Gasteiger partial charge in [0.25, 0.3) is 0 Å². The first kappa shape index (κ1) is 22.5. The summed E-state index contributed by atoms with van der Waals surface area (Å²) in [5.41, 5.74) is 0.174. The number of alkyl halides is 1. The lowest BCUT2D eigenvalue weighted by molar-refractivity contribution is -0.155. The van der Waals surface area contributed by atoms with E-state index in [0.29, 0.717) is 29.7 Å². The molecule has 2 N–H and O–H groups in total. The third-order valence-corrected chi connectivity index (χ3v) is 6.28. The Morgan fingerprint density at radius 3 is 2.43 bits per heavy atom. The molecule has 0 bridgehead atoms. The summed E-state index contributed by atoms with van der Waals surface area (Å²) in [5.74, 6) is -0.947. The van der Waals surface area contributed by atoms with Gasteiger partial charge in [0.05, 0.1) is 30.4 Å². The highest BCUT2D eigenvalue weighted by atomic mass is 19.1. The predicted molar refractivity (Wildman–Crippen MR) is 104 cm³/mol. The van der Waals surface area contributed by atoms with Gasteiger partial charge in [-0.15, -0.1) is 0 Å². The van der Waals surface area contributed by atoms with Gasteiger partial charge in [-0.25, -0.2) is 23.8 Å². The van der Waals surface area contributed by atoms with E-state index < -0.39 is 18.4 Å². The number of amides is 2. The van der Waals surface area contributed by atoms with Crippen LogP contribution >= 0.6 is 0 Å². The van der Waals surface area contributed by atoms with E-state index in [2.05, 4.69) is 15.3 Å². The molecular weight excluding hydrogens is 394 g/mol. The molecule has 2 aliphatic rings. The Labute approximate surface area is 175 Å². The van der Waals surface area contributed by atoms with Crippen LogP contribution in [-0.4, -0.2) is 39.1 Å². The third kappa shape index (κ3) is 5.93. The predicted octanol–water partition coefficient (Wildman–Crippen LogP) is 3.09. The summed E-state index contributed by atoms with van der Waals surface area (Å²) in [4.78, 5) is 31.5. The van der Waals surface area contributed by atoms with Crippen LogP contribution in [0.2, 0.25) is 0 Å². The Morgan fingerprint density at radius 2 is 1.83 bits per heavy atom. The highest BCUT2D eigenvalue weighted by molar-refractivity contribution is 5.79. The normalized spacial score (nSPS) is 18.1. The molecule has 30 heavy (non-hydrogen) atoms. The van der Waals surface area contributed by atoms with Gasteiger partial charge < -0.3 is 5.32 Å². The lowest BCUT2D eigenvalue weighted by Crippen LogP contribution is -2.38. The van der Waals surface area contributed by atoms with Crippen molar-refractivity contribution in [1.82, 2.24) is 20.3 Å². The number of hydrogen-bond acceptors (Lipinski definition) is 5. The van der Waals surface area contributed by atoms with Gasteiger partial charge in [0, 0.05) is 0 Å². The number of aromatic nitrogens is 2. The molecule has 2 saturated carbocycles. The summed E-state index contributed by atoms with van der Waals surface area (Å²) in [7, 11) is 0. The van der Waals surface area contributed by atoms with Crippen molar-refractivity contribution >= 4 is 12.3 Å². The fraction of sp³-hybridized carbons (Fsp3) is 0.714. The van der Waals surface area contributed by atoms with Gasteiger partial charge in [-0.05, 0) is 24.7 Å². The molecular formula is C21H30F2N4O3. The van der Waals surface area contributed by atoms with Crippen LogP contribution in [0, 0.1) is 23.6 Å². The van der Waals surface area contributed by atoms with Gasteiger partial charge in [0.1, 0.15) is 6.67 Å². The van der Waals surface area contributed by atoms with Gasteiger partial charge >= 0.3 is 0 Å². The molecule has 0 aliphatic heterocycles. The maximum atomic E-state index is 14.9. The largest absolute Gasteiger partial charge is 0.350 e. The molecule has 0 saturated heterocycles. The molecule has 1 heterocycles. The van der Waals surface area contributed by atoms with Gasteiger partial charge in [-0.3, -0.25) is 14.8 Å². The van der Waals surface area contributed by atoms with Crippen molar-refractivity contribution in [2.24, 2.45) is 17.8 Å². The van der Waals surface area contributed by atoms with Crippen molar-refractivity contribution in [3.8, 4) is 0 Å². The van der Waals surface area contributed by atoms with Crippen LogP contribution in [0.15, 0.2) is 0 Å². The van der Waals surface area contributed by atoms with E-state index in [4.69, 9.17) is 0 Å². The van der Waals surface area contributed by atoms with Gasteiger partial charge in [0.2, 0.25) is 12.3 Å². The second kappa shape index (κ2) is 10.7. The number of halogens is 2. The minimum atomic E-state index is -0.901. The fourth-order valence-electron chi connectivity index (χ4n) is 4.38. The second-order valence-electron chi connectivity index (χ2n) is 8.51. The summed E-state index contributed by atoms with van der Waals surface area (Å²) >= 11 is 0. The zero-order chi connectivity index (χ0) is 21.5. The molecule has 0 aromatic carbocycles. The van der Waals surface area contributed by atoms with Crippen molar-refractivity contribution in [2.75, 3.05) is 6.54 Å². The van der Waals surface area contributed by atoms with Crippen LogP contribution in [0.25, 0.3) is 0 Å². The first-order valence-electron chi connectivity index (χ1n) is 10.8. The number of carbonyl (C=O) groups excluding carboxylic acids is 2. The van der Waals surface area contributed by atoms with E-state index in [0.717, 1.165) is 44.9 Å². The fourth-order valence-corrected chi connectivity index (χ4v) is 4.38. The zero-order valence-corrected chi connectivity index (χ0v) is 17.2. The maximum absolute atomic E-state index is 14.9. The summed E-state index contributed by atoms with van der Waals surface area (Å²) in [6.45, 7) is -1.21. The third-order valence-electron chi connectivity index (χ3n) is 6.28. The smallest absolute Gasteiger partial charge is 0.233 e. The number of carbonyl (C=O) groups is 2. The number of nitrogens with one attached hydrogen (secondary N) is 1. The number of rotatable bonds is 11. The molecule has 2 fully saturated rings. The lowest BCUT2D eigenvalue weighted by atomic mass is 9.82. The Hall–Kier alpha value is -2.16. The summed E-state index contributed by atoms with van der Waals surface area (Å²) in [5, 5.41) is 12.7. The van der Waals surface area contributed by atoms with Crippen molar-refractivity contribution in [3.05, 3.63) is 23.0 Å². The Morgan fingerprint density at radius 1 is 1.17 bits per heavy atom. The van der Waals surface area contributed by atoms with Gasteiger partial charge in [-0.2, -0.15) is 0 Å². The highest BCUT2D eigenvalue weighted by Gasteiger charge is 2.28. The molecule has 1 atom stereocenters. The van der Waals surface area contributed by atoms with E-state index >= 15 is 0 Å². The SMILES string of the molecule is O=CN(O)C[C@@H](CC1CCCC1)C(=O)NCc1nc(CF)nc(CC2CCC2)c1F. The molecule has 0 radical (unpaired) electrons. The van der Waals surface area contributed by atoms with E-state index in [1.54, 1.807) is 0 Å². The second-order valence-corrected chi connectivity index (χ2v) is 8.51. The number of hydrogen-bond donors (Lipinski definition) is 2. The molecule has 166 valence electrons. The minimum absolute atomic E-state index is 0.0313. The van der Waals surface area contributed by atoms with Crippen molar-refractivity contribution in [2.45, 2.75) is 71.0 Å². The zero-order valence-electron chi connectivity index (χ0n) is 17.2. The van der Waals surface area contributed by atoms with E-state index in [9.17, 15) is 23.6 Å². The molecule has 9 heteroatoms. The minimum Gasteiger partial charge on any atom is -0.350 e. The van der Waals surface area contributed by atoms with Gasteiger partial charge in [-0.1, -0.05) is 44.9 Å². The molecule has 2 aliphatic carbocycles. The molecule has 3 rings (SSSR count). The quantitative estimate of drug-likeness (QED) is 0.323. The molecule has 1 aromatic heterocycles. The summed E-state index contributed by atoms with van der Waals surface area (Å²) in [6, 6.07) is 0.